The third kappa shape index (κ3) is 1.82. The van der Waals surface area contributed by atoms with Crippen molar-refractivity contribution in [3.63, 3.8) is 0 Å². The van der Waals surface area contributed by atoms with Gasteiger partial charge < -0.3 is 9.88 Å². The van der Waals surface area contributed by atoms with Crippen LogP contribution in [0.1, 0.15) is 5.69 Å². The maximum absolute atomic E-state index is 4.55. The number of benzene rings is 1. The minimum Gasteiger partial charge on any atom is -0.359 e. The van der Waals surface area contributed by atoms with Gasteiger partial charge in [-0.15, -0.1) is 0 Å². The normalized spacial score (nSPS) is 10.7. The number of nitrogens with zero attached hydrogens (tertiary/aromatic N) is 3. The monoisotopic (exact) mass is 238 g/mol. The maximum Gasteiger partial charge on any atom is 0.203 e. The Morgan fingerprint density at radius 3 is 2.72 bits per heavy atom. The predicted octanol–water partition coefficient (Wildman–Crippen LogP) is 2.52. The lowest BCUT2D eigenvalue weighted by Crippen LogP contribution is -2.05. The summed E-state index contributed by atoms with van der Waals surface area (Å²) in [6.45, 7) is 0.720. The Kier molecular flexibility index (Phi) is 2.68. The fourth-order valence-corrected chi connectivity index (χ4v) is 2.08. The number of imidazole rings is 1. The van der Waals surface area contributed by atoms with Gasteiger partial charge in [0.1, 0.15) is 0 Å². The molecular formula is C14H14N4. The van der Waals surface area contributed by atoms with Crippen molar-refractivity contribution in [2.45, 2.75) is 6.54 Å². The first-order chi connectivity index (χ1) is 8.88. The van der Waals surface area contributed by atoms with Crippen LogP contribution in [0.5, 0.6) is 0 Å². The number of para-hydroxylation sites is 2. The van der Waals surface area contributed by atoms with Crippen LogP contribution in [0, 0.1) is 0 Å². The molecule has 1 N–H and O–H groups in total. The quantitative estimate of drug-likeness (QED) is 0.762. The molecule has 0 unspecified atom stereocenters. The van der Waals surface area contributed by atoms with Crippen molar-refractivity contribution in [1.82, 2.24) is 14.5 Å². The number of aromatic nitrogens is 3. The van der Waals surface area contributed by atoms with Crippen LogP contribution < -0.4 is 5.32 Å². The molecule has 0 spiro atoms. The molecule has 0 radical (unpaired) electrons. The van der Waals surface area contributed by atoms with Gasteiger partial charge >= 0.3 is 0 Å². The molecule has 4 heteroatoms. The average molecular weight is 238 g/mol. The number of hydrogen-bond acceptors (Lipinski definition) is 3. The fraction of sp³-hybridized carbons (Fsp3) is 0.143. The number of hydrogen-bond donors (Lipinski definition) is 1. The van der Waals surface area contributed by atoms with Crippen molar-refractivity contribution in [2.24, 2.45) is 0 Å². The van der Waals surface area contributed by atoms with E-state index < -0.39 is 0 Å². The minimum atomic E-state index is 0.720. The zero-order valence-corrected chi connectivity index (χ0v) is 10.2. The molecule has 1 aromatic carbocycles. The molecule has 2 heterocycles. The van der Waals surface area contributed by atoms with Crippen LogP contribution in [0.3, 0.4) is 0 Å². The summed E-state index contributed by atoms with van der Waals surface area (Å²) in [7, 11) is 1.89. The molecule has 0 aliphatic rings. The second kappa shape index (κ2) is 4.49. The van der Waals surface area contributed by atoms with Gasteiger partial charge in [0.2, 0.25) is 5.95 Å². The smallest absolute Gasteiger partial charge is 0.203 e. The Balaban J connectivity index is 2.10. The Hall–Kier alpha value is -2.36. The zero-order valence-electron chi connectivity index (χ0n) is 10.2. The summed E-state index contributed by atoms with van der Waals surface area (Å²) < 4.78 is 2.14. The first-order valence-electron chi connectivity index (χ1n) is 5.91. The highest BCUT2D eigenvalue weighted by molar-refractivity contribution is 5.78. The van der Waals surface area contributed by atoms with Crippen LogP contribution >= 0.6 is 0 Å². The van der Waals surface area contributed by atoms with E-state index in [0.717, 1.165) is 29.2 Å². The Bertz CT molecular complexity index is 658. The van der Waals surface area contributed by atoms with E-state index in [1.165, 1.54) is 0 Å². The number of nitrogens with one attached hydrogen (secondary N) is 1. The molecule has 4 nitrogen and oxygen atoms in total. The molecule has 3 rings (SSSR count). The van der Waals surface area contributed by atoms with Crippen molar-refractivity contribution in [1.29, 1.82) is 0 Å². The molecule has 3 aromatic rings. The van der Waals surface area contributed by atoms with E-state index in [4.69, 9.17) is 0 Å². The van der Waals surface area contributed by atoms with E-state index in [-0.39, 0.29) is 0 Å². The zero-order chi connectivity index (χ0) is 12.4. The Morgan fingerprint density at radius 2 is 1.94 bits per heavy atom. The van der Waals surface area contributed by atoms with E-state index in [1.807, 2.05) is 49.6 Å². The molecule has 0 fully saturated rings. The molecule has 0 aliphatic carbocycles. The molecule has 0 aliphatic heterocycles. The minimum absolute atomic E-state index is 0.720. The van der Waals surface area contributed by atoms with Crippen molar-refractivity contribution in [3.05, 3.63) is 54.4 Å². The van der Waals surface area contributed by atoms with E-state index in [2.05, 4.69) is 25.9 Å². The van der Waals surface area contributed by atoms with Gasteiger partial charge in [0.15, 0.2) is 0 Å². The summed E-state index contributed by atoms with van der Waals surface area (Å²) in [6, 6.07) is 14.1. The van der Waals surface area contributed by atoms with Crippen LogP contribution in [-0.2, 0) is 6.54 Å². The molecular weight excluding hydrogens is 224 g/mol. The van der Waals surface area contributed by atoms with E-state index in [9.17, 15) is 0 Å². The number of pyridine rings is 1. The van der Waals surface area contributed by atoms with Gasteiger partial charge in [-0.1, -0.05) is 18.2 Å². The third-order valence-electron chi connectivity index (χ3n) is 2.92. The number of anilines is 1. The highest BCUT2D eigenvalue weighted by Crippen LogP contribution is 2.20. The lowest BCUT2D eigenvalue weighted by Gasteiger charge is -2.07. The Labute approximate surface area is 105 Å². The van der Waals surface area contributed by atoms with Crippen molar-refractivity contribution in [2.75, 3.05) is 12.4 Å². The van der Waals surface area contributed by atoms with E-state index in [0.29, 0.717) is 0 Å². The second-order valence-electron chi connectivity index (χ2n) is 4.08. The maximum atomic E-state index is 4.55. The van der Waals surface area contributed by atoms with E-state index >= 15 is 0 Å². The topological polar surface area (TPSA) is 42.7 Å². The number of rotatable bonds is 3. The van der Waals surface area contributed by atoms with Crippen LogP contribution in [0.2, 0.25) is 0 Å². The molecule has 0 saturated carbocycles. The predicted molar refractivity (Wildman–Crippen MR) is 72.6 cm³/mol. The molecule has 0 atom stereocenters. The van der Waals surface area contributed by atoms with Gasteiger partial charge in [0.05, 0.1) is 23.3 Å². The third-order valence-corrected chi connectivity index (χ3v) is 2.92. The highest BCUT2D eigenvalue weighted by atomic mass is 15.2. The molecule has 18 heavy (non-hydrogen) atoms. The van der Waals surface area contributed by atoms with Crippen LogP contribution in [0.15, 0.2) is 48.7 Å². The van der Waals surface area contributed by atoms with Gasteiger partial charge in [0.25, 0.3) is 0 Å². The number of fused-ring (bicyclic) bond motifs is 1. The summed E-state index contributed by atoms with van der Waals surface area (Å²) in [5.41, 5.74) is 3.14. The molecule has 0 bridgehead atoms. The van der Waals surface area contributed by atoms with Crippen molar-refractivity contribution < 1.29 is 0 Å². The van der Waals surface area contributed by atoms with Gasteiger partial charge in [-0.3, -0.25) is 4.98 Å². The Morgan fingerprint density at radius 1 is 1.11 bits per heavy atom. The summed E-state index contributed by atoms with van der Waals surface area (Å²) in [4.78, 5) is 8.91. The molecule has 0 saturated heterocycles. The standard InChI is InChI=1S/C14H14N4/c1-15-14-17-12-7-2-3-8-13(12)18(14)10-11-6-4-5-9-16-11/h2-9H,10H2,1H3,(H,15,17). The van der Waals surface area contributed by atoms with Crippen LogP contribution in [0.25, 0.3) is 11.0 Å². The SMILES string of the molecule is CNc1nc2ccccc2n1Cc1ccccn1. The summed E-state index contributed by atoms with van der Waals surface area (Å²) in [5.74, 6) is 0.863. The first kappa shape index (κ1) is 10.8. The summed E-state index contributed by atoms with van der Waals surface area (Å²) >= 11 is 0. The van der Waals surface area contributed by atoms with Crippen molar-refractivity contribution >= 4 is 17.0 Å². The second-order valence-corrected chi connectivity index (χ2v) is 4.08. The van der Waals surface area contributed by atoms with Crippen LogP contribution in [0.4, 0.5) is 5.95 Å². The summed E-state index contributed by atoms with van der Waals surface area (Å²) in [5, 5.41) is 3.13. The fourth-order valence-electron chi connectivity index (χ4n) is 2.08. The molecule has 90 valence electrons. The first-order valence-corrected chi connectivity index (χ1v) is 5.91. The van der Waals surface area contributed by atoms with Gasteiger partial charge in [0, 0.05) is 13.2 Å². The average Bonchev–Trinajstić information content (AvgIpc) is 2.78. The van der Waals surface area contributed by atoms with Crippen molar-refractivity contribution in [3.8, 4) is 0 Å². The molecule has 0 amide bonds. The molecule has 2 aromatic heterocycles. The van der Waals surface area contributed by atoms with Gasteiger partial charge in [-0.25, -0.2) is 4.98 Å². The van der Waals surface area contributed by atoms with Crippen LogP contribution in [-0.4, -0.2) is 21.6 Å². The van der Waals surface area contributed by atoms with Gasteiger partial charge in [-0.2, -0.15) is 0 Å². The van der Waals surface area contributed by atoms with Gasteiger partial charge in [-0.05, 0) is 24.3 Å². The highest BCUT2D eigenvalue weighted by Gasteiger charge is 2.09. The lowest BCUT2D eigenvalue weighted by atomic mass is 10.3. The van der Waals surface area contributed by atoms with E-state index in [1.54, 1.807) is 0 Å². The summed E-state index contributed by atoms with van der Waals surface area (Å²) in [6.07, 6.45) is 1.81. The lowest BCUT2D eigenvalue weighted by molar-refractivity contribution is 0.804. The largest absolute Gasteiger partial charge is 0.359 e.